The first kappa shape index (κ1) is 28.2. The number of anilines is 2. The Balaban J connectivity index is 1.13. The third-order valence-electron chi connectivity index (χ3n) is 7.08. The summed E-state index contributed by atoms with van der Waals surface area (Å²) in [7, 11) is 0. The van der Waals surface area contributed by atoms with Gasteiger partial charge in [0.2, 0.25) is 11.8 Å². The Bertz CT molecular complexity index is 1550. The Morgan fingerprint density at radius 2 is 1.31 bits per heavy atom. The average molecular weight is 562 g/mol. The number of aromatic nitrogens is 1. The first-order chi connectivity index (χ1) is 20.4. The molecule has 2 aliphatic heterocycles. The predicted molar refractivity (Wildman–Crippen MR) is 162 cm³/mol. The van der Waals surface area contributed by atoms with Crippen LogP contribution >= 0.6 is 0 Å². The Hall–Kier alpha value is -5.31. The van der Waals surface area contributed by atoms with Gasteiger partial charge in [0, 0.05) is 43.8 Å². The van der Waals surface area contributed by atoms with Crippen LogP contribution in [0.15, 0.2) is 97.4 Å². The number of hydrogen-bond acceptors (Lipinski definition) is 5. The third-order valence-corrected chi connectivity index (χ3v) is 7.08. The van der Waals surface area contributed by atoms with Gasteiger partial charge in [-0.25, -0.2) is 0 Å². The van der Waals surface area contributed by atoms with Crippen LogP contribution in [0, 0.1) is 0 Å². The molecule has 9 heteroatoms. The number of nitrogens with zero attached hydrogens (tertiary/aromatic N) is 3. The molecule has 2 atom stereocenters. The highest BCUT2D eigenvalue weighted by atomic mass is 16.2. The zero-order chi connectivity index (χ0) is 29.5. The van der Waals surface area contributed by atoms with Crippen molar-refractivity contribution in [1.82, 2.24) is 14.8 Å². The van der Waals surface area contributed by atoms with E-state index in [0.29, 0.717) is 24.5 Å². The highest BCUT2D eigenvalue weighted by molar-refractivity contribution is 6.00. The molecular weight excluding hydrogens is 530 g/mol. The second-order valence-electron chi connectivity index (χ2n) is 10.1. The molecule has 9 nitrogen and oxygen atoms in total. The summed E-state index contributed by atoms with van der Waals surface area (Å²) in [5.74, 6) is -0.786. The molecule has 212 valence electrons. The Kier molecular flexibility index (Phi) is 8.67. The molecule has 0 radical (unpaired) electrons. The van der Waals surface area contributed by atoms with Gasteiger partial charge in [-0.3, -0.25) is 24.2 Å². The standard InChI is InChI=1S/C33H31N5O4/c1-23(39)37-19-3-6-29(37)32(41)35-27-14-10-24(11-15-27)8-9-25-12-16-28(17-13-25)36-33(42)30-7-4-20-38(30)31(40)21-26-5-2-18-34-22-26/h2-18,22,29-30H,19-21H2,1H3,(H,35,41)(H,36,42)/t29-,30-/m0/s1. The van der Waals surface area contributed by atoms with Gasteiger partial charge in [0.25, 0.3) is 11.8 Å². The van der Waals surface area contributed by atoms with Gasteiger partial charge in [-0.05, 0) is 47.0 Å². The summed E-state index contributed by atoms with van der Waals surface area (Å²) < 4.78 is 0. The van der Waals surface area contributed by atoms with E-state index in [-0.39, 0.29) is 30.0 Å². The minimum Gasteiger partial charge on any atom is -0.324 e. The lowest BCUT2D eigenvalue weighted by Gasteiger charge is -2.24. The van der Waals surface area contributed by atoms with Crippen LogP contribution in [0.4, 0.5) is 11.4 Å². The largest absolute Gasteiger partial charge is 0.324 e. The van der Waals surface area contributed by atoms with Crippen molar-refractivity contribution in [2.75, 3.05) is 23.7 Å². The molecule has 0 saturated carbocycles. The molecule has 0 spiro atoms. The van der Waals surface area contributed by atoms with Crippen LogP contribution in [0.25, 0.3) is 12.2 Å². The fourth-order valence-electron chi connectivity index (χ4n) is 4.84. The molecule has 0 fully saturated rings. The van der Waals surface area contributed by atoms with Gasteiger partial charge in [-0.2, -0.15) is 0 Å². The van der Waals surface area contributed by atoms with Crippen molar-refractivity contribution < 1.29 is 19.2 Å². The third kappa shape index (κ3) is 6.87. The number of nitrogens with one attached hydrogen (secondary N) is 2. The molecule has 3 heterocycles. The maximum absolute atomic E-state index is 13.0. The minimum atomic E-state index is -0.663. The molecule has 0 saturated heterocycles. The monoisotopic (exact) mass is 561 g/mol. The van der Waals surface area contributed by atoms with Gasteiger partial charge in [0.15, 0.2) is 0 Å². The summed E-state index contributed by atoms with van der Waals surface area (Å²) in [5, 5.41) is 5.76. The lowest BCUT2D eigenvalue weighted by Crippen LogP contribution is -2.44. The van der Waals surface area contributed by atoms with Gasteiger partial charge in [0.1, 0.15) is 12.1 Å². The van der Waals surface area contributed by atoms with Gasteiger partial charge >= 0.3 is 0 Å². The normalized spacial score (nSPS) is 17.5. The summed E-state index contributed by atoms with van der Waals surface area (Å²) in [4.78, 5) is 57.2. The first-order valence-corrected chi connectivity index (χ1v) is 13.7. The molecule has 0 bridgehead atoms. The molecule has 4 amide bonds. The number of carbonyl (C=O) groups is 4. The highest BCUT2D eigenvalue weighted by Gasteiger charge is 2.30. The van der Waals surface area contributed by atoms with E-state index in [1.165, 1.54) is 11.8 Å². The van der Waals surface area contributed by atoms with Crippen molar-refractivity contribution in [3.05, 3.63) is 114 Å². The van der Waals surface area contributed by atoms with Crippen LogP contribution in [0.2, 0.25) is 0 Å². The topological polar surface area (TPSA) is 112 Å². The lowest BCUT2D eigenvalue weighted by atomic mass is 10.1. The molecule has 3 aromatic rings. The zero-order valence-corrected chi connectivity index (χ0v) is 23.1. The van der Waals surface area contributed by atoms with E-state index in [9.17, 15) is 19.2 Å². The van der Waals surface area contributed by atoms with Crippen molar-refractivity contribution in [1.29, 1.82) is 0 Å². The molecule has 0 unspecified atom stereocenters. The summed E-state index contributed by atoms with van der Waals surface area (Å²) in [6, 6.07) is 17.2. The van der Waals surface area contributed by atoms with Crippen molar-refractivity contribution >= 4 is 47.2 Å². The van der Waals surface area contributed by atoms with Crippen LogP contribution in [0.5, 0.6) is 0 Å². The smallest absolute Gasteiger partial charge is 0.251 e. The summed E-state index contributed by atoms with van der Waals surface area (Å²) >= 11 is 0. The van der Waals surface area contributed by atoms with E-state index in [1.54, 1.807) is 35.5 Å². The van der Waals surface area contributed by atoms with Crippen LogP contribution < -0.4 is 10.6 Å². The van der Waals surface area contributed by atoms with Crippen LogP contribution in [-0.4, -0.2) is 63.6 Å². The van der Waals surface area contributed by atoms with E-state index < -0.39 is 12.1 Å². The van der Waals surface area contributed by atoms with Gasteiger partial charge in [0.05, 0.1) is 6.42 Å². The maximum atomic E-state index is 13.0. The van der Waals surface area contributed by atoms with E-state index in [4.69, 9.17) is 0 Å². The number of pyridine rings is 1. The van der Waals surface area contributed by atoms with Crippen molar-refractivity contribution in [3.63, 3.8) is 0 Å². The van der Waals surface area contributed by atoms with E-state index in [1.807, 2.05) is 78.9 Å². The van der Waals surface area contributed by atoms with Gasteiger partial charge < -0.3 is 20.4 Å². The Morgan fingerprint density at radius 1 is 0.786 bits per heavy atom. The fourth-order valence-corrected chi connectivity index (χ4v) is 4.84. The van der Waals surface area contributed by atoms with E-state index in [0.717, 1.165) is 16.7 Å². The molecule has 42 heavy (non-hydrogen) atoms. The predicted octanol–water partition coefficient (Wildman–Crippen LogP) is 3.93. The van der Waals surface area contributed by atoms with Crippen LogP contribution in [0.3, 0.4) is 0 Å². The summed E-state index contributed by atoms with van der Waals surface area (Å²) in [6.45, 7) is 2.29. The highest BCUT2D eigenvalue weighted by Crippen LogP contribution is 2.19. The quantitative estimate of drug-likeness (QED) is 0.320. The van der Waals surface area contributed by atoms with Crippen LogP contribution in [0.1, 0.15) is 23.6 Å². The van der Waals surface area contributed by atoms with Gasteiger partial charge in [-0.1, -0.05) is 66.8 Å². The molecule has 5 rings (SSSR count). The second-order valence-corrected chi connectivity index (χ2v) is 10.1. The summed E-state index contributed by atoms with van der Waals surface area (Å²) in [6.07, 6.45) is 14.5. The number of rotatable bonds is 8. The second kappa shape index (κ2) is 12.9. The number of amides is 4. The molecule has 1 aromatic heterocycles. The van der Waals surface area contributed by atoms with E-state index in [2.05, 4.69) is 15.6 Å². The maximum Gasteiger partial charge on any atom is 0.251 e. The SMILES string of the molecule is CC(=O)N1CC=C[C@H]1C(=O)Nc1ccc(C=Cc2ccc(NC(=O)[C@@H]3C=CCN3C(=O)Cc3cccnc3)cc2)cc1. The molecule has 0 aliphatic carbocycles. The minimum absolute atomic E-state index is 0.130. The molecular formula is C33H31N5O4. The van der Waals surface area contributed by atoms with E-state index >= 15 is 0 Å². The molecule has 2 aliphatic rings. The van der Waals surface area contributed by atoms with Crippen molar-refractivity contribution in [2.45, 2.75) is 25.4 Å². The fraction of sp³-hybridized carbons (Fsp3) is 0.182. The molecule has 2 N–H and O–H groups in total. The van der Waals surface area contributed by atoms with Gasteiger partial charge in [-0.15, -0.1) is 0 Å². The Morgan fingerprint density at radius 3 is 1.81 bits per heavy atom. The van der Waals surface area contributed by atoms with Crippen molar-refractivity contribution in [2.24, 2.45) is 0 Å². The number of benzene rings is 2. The Labute approximate surface area is 244 Å². The number of hydrogen-bond donors (Lipinski definition) is 2. The average Bonchev–Trinajstić information content (AvgIpc) is 3.69. The number of carbonyl (C=O) groups excluding carboxylic acids is 4. The van der Waals surface area contributed by atoms with Crippen LogP contribution in [-0.2, 0) is 25.6 Å². The molecule has 2 aromatic carbocycles. The first-order valence-electron chi connectivity index (χ1n) is 13.7. The summed E-state index contributed by atoms with van der Waals surface area (Å²) in [5.41, 5.74) is 3.98. The lowest BCUT2D eigenvalue weighted by molar-refractivity contribution is -0.135. The zero-order valence-electron chi connectivity index (χ0n) is 23.1. The van der Waals surface area contributed by atoms with Crippen molar-refractivity contribution in [3.8, 4) is 0 Å².